The lowest BCUT2D eigenvalue weighted by Gasteiger charge is -2.26. The summed E-state index contributed by atoms with van der Waals surface area (Å²) < 4.78 is 5.87. The fourth-order valence-electron chi connectivity index (χ4n) is 2.49. The first-order valence-electron chi connectivity index (χ1n) is 6.80. The zero-order valence-electron chi connectivity index (χ0n) is 11.0. The van der Waals surface area contributed by atoms with Crippen LogP contribution in [0.3, 0.4) is 0 Å². The molecule has 3 aromatic rings. The van der Waals surface area contributed by atoms with E-state index in [4.69, 9.17) is 9.40 Å². The van der Waals surface area contributed by atoms with Crippen LogP contribution in [0, 0.1) is 0 Å². The monoisotopic (exact) mass is 285 g/mol. The number of piperazine rings is 1. The highest BCUT2D eigenvalue weighted by Crippen LogP contribution is 2.31. The molecule has 4 nitrogen and oxygen atoms in total. The van der Waals surface area contributed by atoms with Gasteiger partial charge in [0.05, 0.1) is 0 Å². The minimum absolute atomic E-state index is 0.851. The molecule has 0 atom stereocenters. The zero-order valence-corrected chi connectivity index (χ0v) is 11.8. The Morgan fingerprint density at radius 3 is 2.90 bits per heavy atom. The number of furan rings is 1. The van der Waals surface area contributed by atoms with Gasteiger partial charge in [-0.25, -0.2) is 4.98 Å². The largest absolute Gasteiger partial charge is 0.454 e. The minimum atomic E-state index is 0.851. The molecule has 20 heavy (non-hydrogen) atoms. The number of hydrogen-bond donors (Lipinski definition) is 1. The van der Waals surface area contributed by atoms with Gasteiger partial charge < -0.3 is 14.6 Å². The molecule has 1 fully saturated rings. The summed E-state index contributed by atoms with van der Waals surface area (Å²) in [6.45, 7) is 4.10. The Hall–Kier alpha value is -1.85. The van der Waals surface area contributed by atoms with Gasteiger partial charge in [0, 0.05) is 36.9 Å². The van der Waals surface area contributed by atoms with E-state index in [1.165, 1.54) is 0 Å². The molecule has 0 amide bonds. The van der Waals surface area contributed by atoms with Gasteiger partial charge in [0.2, 0.25) is 0 Å². The highest BCUT2D eigenvalue weighted by Gasteiger charge is 2.16. The second kappa shape index (κ2) is 4.92. The standard InChI is InChI=1S/C15H15N3OS/c1-2-4-13-11(3-1)9-14(19-13)12-10-20-15(17-12)18-7-5-16-6-8-18/h1-4,9-10,16H,5-8H2. The average Bonchev–Trinajstić information content (AvgIpc) is 3.14. The number of hydrogen-bond acceptors (Lipinski definition) is 5. The molecule has 1 saturated heterocycles. The maximum absolute atomic E-state index is 5.87. The molecule has 1 aromatic carbocycles. The molecule has 0 unspecified atom stereocenters. The molecule has 0 aliphatic carbocycles. The van der Waals surface area contributed by atoms with E-state index in [0.717, 1.165) is 53.7 Å². The van der Waals surface area contributed by atoms with E-state index in [1.807, 2.05) is 18.2 Å². The lowest BCUT2D eigenvalue weighted by Crippen LogP contribution is -2.43. The summed E-state index contributed by atoms with van der Waals surface area (Å²) in [6.07, 6.45) is 0. The van der Waals surface area contributed by atoms with Crippen LogP contribution in [0.5, 0.6) is 0 Å². The number of fused-ring (bicyclic) bond motifs is 1. The van der Waals surface area contributed by atoms with Crippen LogP contribution in [0.2, 0.25) is 0 Å². The first-order valence-corrected chi connectivity index (χ1v) is 7.68. The molecule has 1 N–H and O–H groups in total. The maximum atomic E-state index is 5.87. The molecule has 0 spiro atoms. The van der Waals surface area contributed by atoms with E-state index in [9.17, 15) is 0 Å². The molecular weight excluding hydrogens is 270 g/mol. The van der Waals surface area contributed by atoms with Gasteiger partial charge in [0.25, 0.3) is 0 Å². The van der Waals surface area contributed by atoms with Crippen molar-refractivity contribution in [1.82, 2.24) is 10.3 Å². The first kappa shape index (κ1) is 11.9. The van der Waals surface area contributed by atoms with Crippen LogP contribution in [-0.4, -0.2) is 31.2 Å². The summed E-state index contributed by atoms with van der Waals surface area (Å²) in [5.74, 6) is 0.851. The van der Waals surface area contributed by atoms with Gasteiger partial charge in [-0.3, -0.25) is 0 Å². The highest BCUT2D eigenvalue weighted by atomic mass is 32.1. The van der Waals surface area contributed by atoms with Gasteiger partial charge >= 0.3 is 0 Å². The smallest absolute Gasteiger partial charge is 0.186 e. The Kier molecular flexibility index (Phi) is 2.94. The predicted octanol–water partition coefficient (Wildman–Crippen LogP) is 2.97. The van der Waals surface area contributed by atoms with Crippen molar-refractivity contribution < 1.29 is 4.42 Å². The number of aromatic nitrogens is 1. The van der Waals surface area contributed by atoms with E-state index in [1.54, 1.807) is 11.3 Å². The Morgan fingerprint density at radius 2 is 2.05 bits per heavy atom. The third-order valence-corrected chi connectivity index (χ3v) is 4.46. The average molecular weight is 285 g/mol. The van der Waals surface area contributed by atoms with Gasteiger partial charge in [0.15, 0.2) is 10.9 Å². The van der Waals surface area contributed by atoms with Gasteiger partial charge in [-0.1, -0.05) is 18.2 Å². The predicted molar refractivity (Wildman–Crippen MR) is 82.4 cm³/mol. The number of anilines is 1. The van der Waals surface area contributed by atoms with Crippen molar-refractivity contribution in [3.05, 3.63) is 35.7 Å². The van der Waals surface area contributed by atoms with Gasteiger partial charge in [-0.05, 0) is 12.1 Å². The highest BCUT2D eigenvalue weighted by molar-refractivity contribution is 7.14. The third kappa shape index (κ3) is 2.09. The summed E-state index contributed by atoms with van der Waals surface area (Å²) >= 11 is 1.69. The van der Waals surface area contributed by atoms with Gasteiger partial charge in [-0.2, -0.15) is 0 Å². The van der Waals surface area contributed by atoms with E-state index in [0.29, 0.717) is 0 Å². The quantitative estimate of drug-likeness (QED) is 0.786. The Morgan fingerprint density at radius 1 is 1.20 bits per heavy atom. The molecule has 102 valence electrons. The number of rotatable bonds is 2. The van der Waals surface area contributed by atoms with E-state index in [2.05, 4.69) is 27.7 Å². The normalized spacial score (nSPS) is 15.9. The summed E-state index contributed by atoms with van der Waals surface area (Å²) in [4.78, 5) is 7.05. The molecule has 3 heterocycles. The Labute approximate surface area is 121 Å². The summed E-state index contributed by atoms with van der Waals surface area (Å²) in [5, 5.41) is 7.65. The van der Waals surface area contributed by atoms with Crippen LogP contribution in [0.25, 0.3) is 22.4 Å². The van der Waals surface area contributed by atoms with Crippen LogP contribution < -0.4 is 10.2 Å². The summed E-state index contributed by atoms with van der Waals surface area (Å²) in [7, 11) is 0. The lowest BCUT2D eigenvalue weighted by atomic mass is 10.2. The van der Waals surface area contributed by atoms with Crippen molar-refractivity contribution in [2.75, 3.05) is 31.1 Å². The molecule has 0 saturated carbocycles. The van der Waals surface area contributed by atoms with Crippen molar-refractivity contribution in [3.8, 4) is 11.5 Å². The number of benzene rings is 1. The Balaban J connectivity index is 1.66. The number of thiazole rings is 1. The molecule has 1 aliphatic heterocycles. The van der Waals surface area contributed by atoms with Crippen molar-refractivity contribution in [2.45, 2.75) is 0 Å². The molecule has 2 aromatic heterocycles. The van der Waals surface area contributed by atoms with Crippen molar-refractivity contribution in [1.29, 1.82) is 0 Å². The zero-order chi connectivity index (χ0) is 13.4. The van der Waals surface area contributed by atoms with Crippen LogP contribution in [-0.2, 0) is 0 Å². The fourth-order valence-corrected chi connectivity index (χ4v) is 3.36. The van der Waals surface area contributed by atoms with Crippen molar-refractivity contribution in [3.63, 3.8) is 0 Å². The van der Waals surface area contributed by atoms with E-state index in [-0.39, 0.29) is 0 Å². The summed E-state index contributed by atoms with van der Waals surface area (Å²) in [6, 6.07) is 10.1. The second-order valence-corrected chi connectivity index (χ2v) is 5.74. The molecule has 0 radical (unpaired) electrons. The van der Waals surface area contributed by atoms with Crippen molar-refractivity contribution >= 4 is 27.4 Å². The molecule has 5 heteroatoms. The van der Waals surface area contributed by atoms with E-state index < -0.39 is 0 Å². The molecule has 0 bridgehead atoms. The van der Waals surface area contributed by atoms with Gasteiger partial charge in [0.1, 0.15) is 11.3 Å². The SMILES string of the molecule is c1ccc2oc(-c3csc(N4CCNCC4)n3)cc2c1. The number of para-hydroxylation sites is 1. The fraction of sp³-hybridized carbons (Fsp3) is 0.267. The molecule has 4 rings (SSSR count). The third-order valence-electron chi connectivity index (χ3n) is 3.56. The summed E-state index contributed by atoms with van der Waals surface area (Å²) in [5.41, 5.74) is 1.85. The molecular formula is C15H15N3OS. The van der Waals surface area contributed by atoms with Crippen LogP contribution in [0.4, 0.5) is 5.13 Å². The van der Waals surface area contributed by atoms with Crippen LogP contribution in [0.15, 0.2) is 40.1 Å². The maximum Gasteiger partial charge on any atom is 0.186 e. The minimum Gasteiger partial charge on any atom is -0.454 e. The topological polar surface area (TPSA) is 41.3 Å². The number of nitrogens with zero attached hydrogens (tertiary/aromatic N) is 2. The molecule has 1 aliphatic rings. The Bertz CT molecular complexity index is 694. The number of nitrogens with one attached hydrogen (secondary N) is 1. The second-order valence-electron chi connectivity index (χ2n) is 4.90. The first-order chi connectivity index (χ1) is 9.90. The van der Waals surface area contributed by atoms with Crippen LogP contribution in [0.1, 0.15) is 0 Å². The van der Waals surface area contributed by atoms with Gasteiger partial charge in [-0.15, -0.1) is 11.3 Å². The lowest BCUT2D eigenvalue weighted by molar-refractivity contribution is 0.588. The van der Waals surface area contributed by atoms with E-state index >= 15 is 0 Å². The van der Waals surface area contributed by atoms with Crippen molar-refractivity contribution in [2.24, 2.45) is 0 Å². The van der Waals surface area contributed by atoms with Crippen LogP contribution >= 0.6 is 11.3 Å².